The molecule has 168 valence electrons. The molecule has 1 aliphatic heterocycles. The Labute approximate surface area is 184 Å². The van der Waals surface area contributed by atoms with Crippen molar-refractivity contribution >= 4 is 22.6 Å². The highest BCUT2D eigenvalue weighted by Crippen LogP contribution is 2.21. The molecule has 1 fully saturated rings. The van der Waals surface area contributed by atoms with Gasteiger partial charge in [-0.1, -0.05) is 6.07 Å². The molecule has 0 radical (unpaired) electrons. The van der Waals surface area contributed by atoms with E-state index in [1.54, 1.807) is 50.4 Å². The summed E-state index contributed by atoms with van der Waals surface area (Å²) in [5.74, 6) is -0.680. The summed E-state index contributed by atoms with van der Waals surface area (Å²) < 4.78 is 15.0. The van der Waals surface area contributed by atoms with Gasteiger partial charge < -0.3 is 9.88 Å². The first-order valence-corrected chi connectivity index (χ1v) is 10.4. The van der Waals surface area contributed by atoms with E-state index in [0.29, 0.717) is 29.0 Å². The van der Waals surface area contributed by atoms with Crippen LogP contribution in [0.1, 0.15) is 21.7 Å². The number of benzene rings is 1. The monoisotopic (exact) mass is 439 g/mol. The van der Waals surface area contributed by atoms with Gasteiger partial charge >= 0.3 is 0 Å². The predicted octanol–water partition coefficient (Wildman–Crippen LogP) is 1.29. The lowest BCUT2D eigenvalue weighted by Gasteiger charge is -2.36. The Bertz CT molecular complexity index is 1190. The van der Waals surface area contributed by atoms with Gasteiger partial charge in [-0.15, -0.1) is 0 Å². The highest BCUT2D eigenvalue weighted by molar-refractivity contribution is 5.92. The highest BCUT2D eigenvalue weighted by atomic mass is 19.1. The number of nitrogens with zero attached hydrogens (tertiary/aromatic N) is 5. The van der Waals surface area contributed by atoms with Crippen LogP contribution in [0.15, 0.2) is 35.3 Å². The van der Waals surface area contributed by atoms with Gasteiger partial charge in [0.1, 0.15) is 16.9 Å². The van der Waals surface area contributed by atoms with E-state index in [9.17, 15) is 14.0 Å². The van der Waals surface area contributed by atoms with E-state index in [4.69, 9.17) is 0 Å². The van der Waals surface area contributed by atoms with Crippen molar-refractivity contribution in [2.45, 2.75) is 13.5 Å². The number of hydrazine groups is 1. The first-order chi connectivity index (χ1) is 15.3. The number of anilines is 1. The van der Waals surface area contributed by atoms with Crippen LogP contribution in [0.2, 0.25) is 0 Å². The number of hydrogen-bond acceptors (Lipinski definition) is 7. The second-order valence-corrected chi connectivity index (χ2v) is 8.08. The maximum absolute atomic E-state index is 15.0. The Morgan fingerprint density at radius 1 is 1.19 bits per heavy atom. The number of aryl methyl sites for hydroxylation is 1. The molecule has 9 nitrogen and oxygen atoms in total. The quantitative estimate of drug-likeness (QED) is 0.578. The topological polar surface area (TPSA) is 97.5 Å². The van der Waals surface area contributed by atoms with Crippen LogP contribution in [-0.2, 0) is 6.54 Å². The summed E-state index contributed by atoms with van der Waals surface area (Å²) in [6, 6.07) is 7.08. The summed E-state index contributed by atoms with van der Waals surface area (Å²) in [7, 11) is 3.49. The molecule has 4 rings (SSSR count). The minimum atomic E-state index is -0.426. The number of aromatic amines is 1. The third-order valence-electron chi connectivity index (χ3n) is 5.49. The van der Waals surface area contributed by atoms with E-state index in [1.807, 2.05) is 6.07 Å². The van der Waals surface area contributed by atoms with Crippen molar-refractivity contribution in [1.82, 2.24) is 30.3 Å². The molecular weight excluding hydrogens is 413 g/mol. The number of H-pyrrole nitrogens is 1. The fourth-order valence-electron chi connectivity index (χ4n) is 3.75. The lowest BCUT2D eigenvalue weighted by molar-refractivity contribution is 0.0851. The zero-order valence-corrected chi connectivity index (χ0v) is 18.4. The van der Waals surface area contributed by atoms with Gasteiger partial charge in [0, 0.05) is 52.4 Å². The lowest BCUT2D eigenvalue weighted by atomic mass is 10.1. The second-order valence-electron chi connectivity index (χ2n) is 8.08. The average Bonchev–Trinajstić information content (AvgIpc) is 2.77. The molecule has 0 atom stereocenters. The molecule has 32 heavy (non-hydrogen) atoms. The maximum atomic E-state index is 15.0. The van der Waals surface area contributed by atoms with Gasteiger partial charge in [-0.3, -0.25) is 19.9 Å². The van der Waals surface area contributed by atoms with Gasteiger partial charge in [0.2, 0.25) is 0 Å². The minimum absolute atomic E-state index is 0.154. The van der Waals surface area contributed by atoms with Crippen molar-refractivity contribution in [3.8, 4) is 0 Å². The van der Waals surface area contributed by atoms with Crippen molar-refractivity contribution in [2.75, 3.05) is 45.2 Å². The Balaban J connectivity index is 1.39. The number of piperazine rings is 1. The predicted molar refractivity (Wildman–Crippen MR) is 120 cm³/mol. The number of amides is 1. The fourth-order valence-corrected chi connectivity index (χ4v) is 3.75. The average molecular weight is 439 g/mol. The summed E-state index contributed by atoms with van der Waals surface area (Å²) in [6.07, 6.45) is 1.70. The lowest BCUT2D eigenvalue weighted by Crippen LogP contribution is -2.46. The molecule has 0 aliphatic carbocycles. The van der Waals surface area contributed by atoms with Crippen molar-refractivity contribution in [2.24, 2.45) is 0 Å². The molecule has 0 unspecified atom stereocenters. The van der Waals surface area contributed by atoms with Crippen LogP contribution in [0, 0.1) is 12.7 Å². The smallest absolute Gasteiger partial charge is 0.284 e. The van der Waals surface area contributed by atoms with Crippen LogP contribution in [0.4, 0.5) is 10.1 Å². The minimum Gasteiger partial charge on any atom is -0.368 e. The molecule has 2 aromatic heterocycles. The van der Waals surface area contributed by atoms with E-state index in [-0.39, 0.29) is 17.0 Å². The Kier molecular flexibility index (Phi) is 6.15. The van der Waals surface area contributed by atoms with Crippen LogP contribution in [0.5, 0.6) is 0 Å². The zero-order chi connectivity index (χ0) is 22.8. The number of carbonyl (C=O) groups is 1. The van der Waals surface area contributed by atoms with Crippen molar-refractivity contribution in [3.63, 3.8) is 0 Å². The van der Waals surface area contributed by atoms with E-state index in [1.165, 1.54) is 0 Å². The summed E-state index contributed by atoms with van der Waals surface area (Å²) in [5.41, 5.74) is 5.05. The van der Waals surface area contributed by atoms with E-state index >= 15 is 0 Å². The molecule has 0 spiro atoms. The van der Waals surface area contributed by atoms with Crippen molar-refractivity contribution < 1.29 is 9.18 Å². The van der Waals surface area contributed by atoms with Crippen LogP contribution in [-0.4, -0.2) is 71.0 Å². The first kappa shape index (κ1) is 21.8. The largest absolute Gasteiger partial charge is 0.368 e. The number of hydrogen-bond donors (Lipinski definition) is 2. The highest BCUT2D eigenvalue weighted by Gasteiger charge is 2.20. The normalized spacial score (nSPS) is 14.8. The van der Waals surface area contributed by atoms with Gasteiger partial charge in [0.05, 0.1) is 17.4 Å². The van der Waals surface area contributed by atoms with Crippen LogP contribution in [0.3, 0.4) is 0 Å². The number of carbonyl (C=O) groups excluding carboxylic acids is 1. The Morgan fingerprint density at radius 3 is 2.59 bits per heavy atom. The van der Waals surface area contributed by atoms with Gasteiger partial charge in [0.15, 0.2) is 5.82 Å². The third kappa shape index (κ3) is 4.61. The number of aromatic nitrogens is 3. The maximum Gasteiger partial charge on any atom is 0.284 e. The van der Waals surface area contributed by atoms with Crippen molar-refractivity contribution in [1.29, 1.82) is 0 Å². The molecule has 2 N–H and O–H groups in total. The summed E-state index contributed by atoms with van der Waals surface area (Å²) >= 11 is 0. The van der Waals surface area contributed by atoms with Crippen LogP contribution >= 0.6 is 0 Å². The van der Waals surface area contributed by atoms with Gasteiger partial charge in [-0.25, -0.2) is 19.4 Å². The van der Waals surface area contributed by atoms with Crippen LogP contribution in [0.25, 0.3) is 11.0 Å². The second kappa shape index (κ2) is 9.01. The summed E-state index contributed by atoms with van der Waals surface area (Å²) in [4.78, 5) is 39.2. The molecule has 1 aromatic carbocycles. The van der Waals surface area contributed by atoms with E-state index < -0.39 is 5.82 Å². The fraction of sp³-hybridized carbons (Fsp3) is 0.364. The molecular formula is C22H26FN7O2. The Hall–Kier alpha value is -3.37. The van der Waals surface area contributed by atoms with Gasteiger partial charge in [-0.2, -0.15) is 0 Å². The van der Waals surface area contributed by atoms with Gasteiger partial charge in [-0.05, 0) is 25.1 Å². The van der Waals surface area contributed by atoms with E-state index in [2.05, 4.69) is 30.2 Å². The molecule has 1 amide bonds. The standard InChI is InChI=1S/C22H26FN7O2/c1-14-21(31)26-20-17(25-14)6-4-15(19(20)23)13-29-8-10-30(11-9-29)16-5-7-18(24-12-16)22(32)27-28(2)3/h4-7,12H,8-11,13H2,1-3H3,(H,26,31)(H,27,32). The summed E-state index contributed by atoms with van der Waals surface area (Å²) in [6.45, 7) is 5.08. The first-order valence-electron chi connectivity index (χ1n) is 10.4. The molecule has 3 aromatic rings. The molecule has 0 saturated carbocycles. The summed E-state index contributed by atoms with van der Waals surface area (Å²) in [5, 5.41) is 1.57. The van der Waals surface area contributed by atoms with Crippen LogP contribution < -0.4 is 15.9 Å². The molecule has 1 aliphatic rings. The Morgan fingerprint density at radius 2 is 1.94 bits per heavy atom. The number of fused-ring (bicyclic) bond motifs is 1. The molecule has 0 bridgehead atoms. The van der Waals surface area contributed by atoms with Gasteiger partial charge in [0.25, 0.3) is 11.5 Å². The number of pyridine rings is 1. The van der Waals surface area contributed by atoms with E-state index in [0.717, 1.165) is 31.9 Å². The van der Waals surface area contributed by atoms with Crippen molar-refractivity contribution in [3.05, 3.63) is 63.6 Å². The number of halogens is 1. The third-order valence-corrected chi connectivity index (χ3v) is 5.49. The molecule has 3 heterocycles. The molecule has 1 saturated heterocycles. The number of rotatable bonds is 5. The SMILES string of the molecule is Cc1nc2ccc(CN3CCN(c4ccc(C(=O)NN(C)C)nc4)CC3)c(F)c2[nH]c1=O. The zero-order valence-electron chi connectivity index (χ0n) is 18.4. The molecule has 10 heteroatoms. The number of nitrogens with one attached hydrogen (secondary N) is 2.